The highest BCUT2D eigenvalue weighted by atomic mass is 19.4. The molecule has 0 aliphatic heterocycles. The summed E-state index contributed by atoms with van der Waals surface area (Å²) in [6, 6.07) is 3.44. The van der Waals surface area contributed by atoms with Gasteiger partial charge in [0.05, 0.1) is 5.92 Å². The molecule has 0 aromatic carbocycles. The van der Waals surface area contributed by atoms with Crippen LogP contribution in [0.3, 0.4) is 0 Å². The van der Waals surface area contributed by atoms with Crippen LogP contribution in [-0.4, -0.2) is 16.9 Å². The Hall–Kier alpha value is -1.39. The number of carbonyl (C=O) groups excluding carboxylic acids is 1. The van der Waals surface area contributed by atoms with Crippen LogP contribution >= 0.6 is 0 Å². The number of carbonyl (C=O) groups is 1. The molecular formula is C14H16F3NO. The van der Waals surface area contributed by atoms with Crippen molar-refractivity contribution >= 4 is 5.78 Å². The van der Waals surface area contributed by atoms with E-state index in [1.807, 2.05) is 6.92 Å². The summed E-state index contributed by atoms with van der Waals surface area (Å²) < 4.78 is 37.6. The highest BCUT2D eigenvalue weighted by Crippen LogP contribution is 2.40. The molecule has 0 amide bonds. The quantitative estimate of drug-likeness (QED) is 0.762. The maximum absolute atomic E-state index is 12.5. The Kier molecular flexibility index (Phi) is 3.92. The summed E-state index contributed by atoms with van der Waals surface area (Å²) >= 11 is 0. The molecule has 19 heavy (non-hydrogen) atoms. The molecule has 1 aromatic rings. The first-order valence-corrected chi connectivity index (χ1v) is 6.41. The minimum absolute atomic E-state index is 0.0548. The van der Waals surface area contributed by atoms with Crippen molar-refractivity contribution in [1.82, 2.24) is 4.98 Å². The molecule has 0 bridgehead atoms. The van der Waals surface area contributed by atoms with Gasteiger partial charge >= 0.3 is 6.18 Å². The highest BCUT2D eigenvalue weighted by molar-refractivity contribution is 5.97. The lowest BCUT2D eigenvalue weighted by Crippen LogP contribution is -2.30. The molecule has 1 aromatic heterocycles. The Bertz CT molecular complexity index is 445. The van der Waals surface area contributed by atoms with Crippen LogP contribution in [0.25, 0.3) is 0 Å². The predicted octanol–water partition coefficient (Wildman–Crippen LogP) is 3.94. The van der Waals surface area contributed by atoms with Gasteiger partial charge in [0.25, 0.3) is 0 Å². The van der Waals surface area contributed by atoms with E-state index in [4.69, 9.17) is 0 Å². The van der Waals surface area contributed by atoms with Gasteiger partial charge in [0.15, 0.2) is 5.78 Å². The molecule has 5 heteroatoms. The lowest BCUT2D eigenvalue weighted by atomic mass is 9.78. The zero-order chi connectivity index (χ0) is 14.0. The van der Waals surface area contributed by atoms with Crippen molar-refractivity contribution in [2.75, 3.05) is 0 Å². The topological polar surface area (TPSA) is 30.0 Å². The van der Waals surface area contributed by atoms with Gasteiger partial charge in [0, 0.05) is 23.4 Å². The van der Waals surface area contributed by atoms with Crippen molar-refractivity contribution in [3.05, 3.63) is 29.6 Å². The van der Waals surface area contributed by atoms with E-state index in [2.05, 4.69) is 4.98 Å². The lowest BCUT2D eigenvalue weighted by Gasteiger charge is -2.29. The van der Waals surface area contributed by atoms with E-state index in [9.17, 15) is 18.0 Å². The fourth-order valence-corrected chi connectivity index (χ4v) is 2.53. The molecule has 0 N–H and O–H groups in total. The van der Waals surface area contributed by atoms with Crippen molar-refractivity contribution in [1.29, 1.82) is 0 Å². The number of Topliss-reactive ketones (excluding diaryl/α,β-unsaturated/α-hetero) is 1. The molecule has 104 valence electrons. The van der Waals surface area contributed by atoms with Gasteiger partial charge in [-0.15, -0.1) is 0 Å². The summed E-state index contributed by atoms with van der Waals surface area (Å²) in [6.07, 6.45) is -1.88. The van der Waals surface area contributed by atoms with Gasteiger partial charge in [0.2, 0.25) is 0 Å². The van der Waals surface area contributed by atoms with Crippen molar-refractivity contribution in [3.8, 4) is 0 Å². The standard InChI is InChI=1S/C14H16F3NO/c1-9-2-3-11(8-18-9)13(19)10-4-6-12(7-5-10)14(15,16)17/h2-3,8,10,12H,4-7H2,1H3. The van der Waals surface area contributed by atoms with Crippen LogP contribution in [0.2, 0.25) is 0 Å². The second-order valence-corrected chi connectivity index (χ2v) is 5.14. The maximum Gasteiger partial charge on any atom is 0.391 e. The fourth-order valence-electron chi connectivity index (χ4n) is 2.53. The zero-order valence-corrected chi connectivity index (χ0v) is 10.7. The fraction of sp³-hybridized carbons (Fsp3) is 0.571. The van der Waals surface area contributed by atoms with Crippen molar-refractivity contribution < 1.29 is 18.0 Å². The molecular weight excluding hydrogens is 255 g/mol. The second kappa shape index (κ2) is 5.31. The van der Waals surface area contributed by atoms with Crippen LogP contribution < -0.4 is 0 Å². The Morgan fingerprint density at radius 2 is 1.84 bits per heavy atom. The number of hydrogen-bond donors (Lipinski definition) is 0. The largest absolute Gasteiger partial charge is 0.391 e. The molecule has 1 heterocycles. The Balaban J connectivity index is 1.98. The first kappa shape index (κ1) is 14.0. The average molecular weight is 271 g/mol. The van der Waals surface area contributed by atoms with Crippen molar-refractivity contribution in [2.24, 2.45) is 11.8 Å². The molecule has 0 saturated heterocycles. The number of aryl methyl sites for hydroxylation is 1. The molecule has 0 radical (unpaired) electrons. The van der Waals surface area contributed by atoms with E-state index in [1.165, 1.54) is 6.20 Å². The molecule has 1 fully saturated rings. The number of halogens is 3. The van der Waals surface area contributed by atoms with Gasteiger partial charge in [-0.25, -0.2) is 0 Å². The summed E-state index contributed by atoms with van der Waals surface area (Å²) in [7, 11) is 0. The molecule has 2 rings (SSSR count). The van der Waals surface area contributed by atoms with Crippen LogP contribution in [-0.2, 0) is 0 Å². The van der Waals surface area contributed by atoms with Crippen LogP contribution in [0.5, 0.6) is 0 Å². The van der Waals surface area contributed by atoms with Gasteiger partial charge in [-0.1, -0.05) is 0 Å². The normalized spacial score (nSPS) is 24.2. The van der Waals surface area contributed by atoms with E-state index >= 15 is 0 Å². The van der Waals surface area contributed by atoms with Crippen molar-refractivity contribution in [3.63, 3.8) is 0 Å². The number of rotatable bonds is 2. The predicted molar refractivity (Wildman–Crippen MR) is 64.8 cm³/mol. The van der Waals surface area contributed by atoms with E-state index < -0.39 is 12.1 Å². The third kappa shape index (κ3) is 3.33. The molecule has 1 aliphatic rings. The van der Waals surface area contributed by atoms with Crippen LogP contribution in [0.4, 0.5) is 13.2 Å². The van der Waals surface area contributed by atoms with Crippen molar-refractivity contribution in [2.45, 2.75) is 38.8 Å². The summed E-state index contributed by atoms with van der Waals surface area (Å²) in [6.45, 7) is 1.82. The Morgan fingerprint density at radius 3 is 2.32 bits per heavy atom. The summed E-state index contributed by atoms with van der Waals surface area (Å²) in [5, 5.41) is 0. The van der Waals surface area contributed by atoms with E-state index in [0.29, 0.717) is 18.4 Å². The molecule has 0 atom stereocenters. The number of pyridine rings is 1. The number of aromatic nitrogens is 1. The van der Waals surface area contributed by atoms with Crippen LogP contribution in [0.15, 0.2) is 18.3 Å². The van der Waals surface area contributed by atoms with Gasteiger partial charge in [-0.2, -0.15) is 13.2 Å². The molecule has 0 unspecified atom stereocenters. The summed E-state index contributed by atoms with van der Waals surface area (Å²) in [5.74, 6) is -1.61. The lowest BCUT2D eigenvalue weighted by molar-refractivity contribution is -0.183. The van der Waals surface area contributed by atoms with Crippen LogP contribution in [0.1, 0.15) is 41.7 Å². The smallest absolute Gasteiger partial charge is 0.294 e. The first-order valence-electron chi connectivity index (χ1n) is 6.41. The van der Waals surface area contributed by atoms with Gasteiger partial charge in [0.1, 0.15) is 0 Å². The third-order valence-electron chi connectivity index (χ3n) is 3.76. The first-order chi connectivity index (χ1) is 8.88. The number of alkyl halides is 3. The average Bonchev–Trinajstić information content (AvgIpc) is 2.38. The minimum Gasteiger partial charge on any atom is -0.294 e. The Labute approximate surface area is 110 Å². The zero-order valence-electron chi connectivity index (χ0n) is 10.7. The maximum atomic E-state index is 12.5. The molecule has 1 aliphatic carbocycles. The highest BCUT2D eigenvalue weighted by Gasteiger charge is 2.42. The summed E-state index contributed by atoms with van der Waals surface area (Å²) in [4.78, 5) is 16.2. The third-order valence-corrected chi connectivity index (χ3v) is 3.76. The monoisotopic (exact) mass is 271 g/mol. The van der Waals surface area contributed by atoms with E-state index in [1.54, 1.807) is 12.1 Å². The number of ketones is 1. The molecule has 2 nitrogen and oxygen atoms in total. The van der Waals surface area contributed by atoms with Crippen LogP contribution in [0, 0.1) is 18.8 Å². The molecule has 1 saturated carbocycles. The van der Waals surface area contributed by atoms with Gasteiger partial charge < -0.3 is 0 Å². The number of hydrogen-bond acceptors (Lipinski definition) is 2. The SMILES string of the molecule is Cc1ccc(C(=O)C2CCC(C(F)(F)F)CC2)cn1. The Morgan fingerprint density at radius 1 is 1.21 bits per heavy atom. The van der Waals surface area contributed by atoms with Gasteiger partial charge in [-0.3, -0.25) is 9.78 Å². The summed E-state index contributed by atoms with van der Waals surface area (Å²) in [5.41, 5.74) is 1.32. The van der Waals surface area contributed by atoms with E-state index in [0.717, 1.165) is 5.69 Å². The molecule has 0 spiro atoms. The minimum atomic E-state index is -4.13. The second-order valence-electron chi connectivity index (χ2n) is 5.14. The number of nitrogens with zero attached hydrogens (tertiary/aromatic N) is 1. The van der Waals surface area contributed by atoms with E-state index in [-0.39, 0.29) is 24.5 Å². The van der Waals surface area contributed by atoms with Gasteiger partial charge in [-0.05, 0) is 44.7 Å².